The Labute approximate surface area is 164 Å². The maximum absolute atomic E-state index is 12.0. The minimum Gasteiger partial charge on any atom is -0.452 e. The molecule has 0 spiro atoms. The first-order valence-electron chi connectivity index (χ1n) is 9.20. The zero-order valence-electron chi connectivity index (χ0n) is 15.1. The van der Waals surface area contributed by atoms with Gasteiger partial charge in [0.05, 0.1) is 10.6 Å². The van der Waals surface area contributed by atoms with Crippen molar-refractivity contribution >= 4 is 34.9 Å². The first-order valence-corrected chi connectivity index (χ1v) is 9.58. The third-order valence-electron chi connectivity index (χ3n) is 4.55. The number of benzene rings is 2. The van der Waals surface area contributed by atoms with E-state index in [1.807, 2.05) is 24.3 Å². The molecule has 1 heterocycles. The van der Waals surface area contributed by atoms with Crippen molar-refractivity contribution in [1.82, 2.24) is 0 Å². The van der Waals surface area contributed by atoms with E-state index < -0.39 is 11.9 Å². The molecule has 0 unspecified atom stereocenters. The normalized spacial score (nSPS) is 14.3. The van der Waals surface area contributed by atoms with Gasteiger partial charge in [-0.2, -0.15) is 0 Å². The summed E-state index contributed by atoms with van der Waals surface area (Å²) in [7, 11) is 0. The van der Waals surface area contributed by atoms with Crippen molar-refractivity contribution in [3.8, 4) is 0 Å². The number of ether oxygens (including phenoxy) is 1. The Morgan fingerprint density at radius 1 is 0.963 bits per heavy atom. The molecule has 1 fully saturated rings. The molecule has 2 aromatic carbocycles. The van der Waals surface area contributed by atoms with Gasteiger partial charge >= 0.3 is 5.97 Å². The van der Waals surface area contributed by atoms with E-state index in [1.165, 1.54) is 31.4 Å². The van der Waals surface area contributed by atoms with Gasteiger partial charge in [-0.05, 0) is 49.2 Å². The van der Waals surface area contributed by atoms with E-state index >= 15 is 0 Å². The van der Waals surface area contributed by atoms with E-state index in [0.29, 0.717) is 10.7 Å². The van der Waals surface area contributed by atoms with E-state index in [2.05, 4.69) is 10.2 Å². The van der Waals surface area contributed by atoms with Crippen LogP contribution in [0, 0.1) is 0 Å². The van der Waals surface area contributed by atoms with Gasteiger partial charge in [-0.3, -0.25) is 4.79 Å². The Hall–Kier alpha value is -2.53. The van der Waals surface area contributed by atoms with Crippen LogP contribution in [0.4, 0.5) is 11.4 Å². The maximum atomic E-state index is 12.0. The number of halogens is 1. The van der Waals surface area contributed by atoms with Gasteiger partial charge in [-0.15, -0.1) is 0 Å². The monoisotopic (exact) mass is 386 g/mol. The van der Waals surface area contributed by atoms with Crippen LogP contribution in [-0.4, -0.2) is 31.6 Å². The van der Waals surface area contributed by atoms with Gasteiger partial charge in [0, 0.05) is 24.5 Å². The molecule has 2 aromatic rings. The Kier molecular flexibility index (Phi) is 6.71. The smallest absolute Gasteiger partial charge is 0.340 e. The van der Waals surface area contributed by atoms with Crippen molar-refractivity contribution in [3.05, 3.63) is 59.1 Å². The second-order valence-electron chi connectivity index (χ2n) is 6.55. The van der Waals surface area contributed by atoms with Crippen molar-refractivity contribution in [2.75, 3.05) is 29.9 Å². The number of nitrogens with zero attached hydrogens (tertiary/aromatic N) is 1. The molecule has 0 atom stereocenters. The summed E-state index contributed by atoms with van der Waals surface area (Å²) in [6.45, 7) is 1.78. The zero-order chi connectivity index (χ0) is 19.1. The van der Waals surface area contributed by atoms with Crippen molar-refractivity contribution in [1.29, 1.82) is 0 Å². The second kappa shape index (κ2) is 9.42. The third-order valence-corrected chi connectivity index (χ3v) is 4.88. The third kappa shape index (κ3) is 5.47. The minimum atomic E-state index is -0.618. The lowest BCUT2D eigenvalue weighted by Gasteiger charge is -2.22. The molecule has 0 aliphatic carbocycles. The molecule has 1 saturated heterocycles. The van der Waals surface area contributed by atoms with Crippen molar-refractivity contribution in [2.45, 2.75) is 25.7 Å². The summed E-state index contributed by atoms with van der Waals surface area (Å²) in [5.41, 5.74) is 2.08. The largest absolute Gasteiger partial charge is 0.452 e. The lowest BCUT2D eigenvalue weighted by atomic mass is 10.2. The molecule has 0 saturated carbocycles. The number of rotatable bonds is 5. The first kappa shape index (κ1) is 19.2. The summed E-state index contributed by atoms with van der Waals surface area (Å²) in [5, 5.41) is 3.04. The van der Waals surface area contributed by atoms with Crippen molar-refractivity contribution in [2.24, 2.45) is 0 Å². The lowest BCUT2D eigenvalue weighted by molar-refractivity contribution is -0.119. The number of hydrogen-bond acceptors (Lipinski definition) is 4. The number of anilines is 2. The van der Waals surface area contributed by atoms with Gasteiger partial charge in [0.2, 0.25) is 0 Å². The molecule has 0 radical (unpaired) electrons. The zero-order valence-corrected chi connectivity index (χ0v) is 15.9. The van der Waals surface area contributed by atoms with Gasteiger partial charge in [-0.25, -0.2) is 4.79 Å². The van der Waals surface area contributed by atoms with Crippen LogP contribution < -0.4 is 10.2 Å². The predicted octanol–water partition coefficient (Wildman–Crippen LogP) is 4.52. The number of amides is 1. The molecule has 1 aliphatic heterocycles. The molecule has 27 heavy (non-hydrogen) atoms. The van der Waals surface area contributed by atoms with Crippen LogP contribution in [0.15, 0.2) is 48.5 Å². The molecule has 6 heteroatoms. The highest BCUT2D eigenvalue weighted by atomic mass is 35.5. The first-order chi connectivity index (χ1) is 13.1. The number of esters is 1. The molecular formula is C21H23ClN2O3. The lowest BCUT2D eigenvalue weighted by Crippen LogP contribution is -2.24. The predicted molar refractivity (Wildman–Crippen MR) is 107 cm³/mol. The van der Waals surface area contributed by atoms with Gasteiger partial charge in [0.15, 0.2) is 6.61 Å². The van der Waals surface area contributed by atoms with Gasteiger partial charge in [0.25, 0.3) is 5.91 Å². The van der Waals surface area contributed by atoms with Gasteiger partial charge in [-0.1, -0.05) is 36.6 Å². The standard InChI is InChI=1S/C21H23ClN2O3/c22-19-8-4-3-7-18(19)21(26)27-15-20(25)23-16-9-11-17(12-10-16)24-13-5-1-2-6-14-24/h3-4,7-12H,1-2,5-6,13-15H2,(H,23,25). The van der Waals surface area contributed by atoms with Crippen LogP contribution in [-0.2, 0) is 9.53 Å². The highest BCUT2D eigenvalue weighted by molar-refractivity contribution is 6.33. The number of carbonyl (C=O) groups excluding carboxylic acids is 2. The Balaban J connectivity index is 1.50. The highest BCUT2D eigenvalue weighted by Crippen LogP contribution is 2.21. The SMILES string of the molecule is O=C(COC(=O)c1ccccc1Cl)Nc1ccc(N2CCCCCC2)cc1. The number of hydrogen-bond donors (Lipinski definition) is 1. The van der Waals surface area contributed by atoms with E-state index in [-0.39, 0.29) is 12.2 Å². The minimum absolute atomic E-state index is 0.244. The van der Waals surface area contributed by atoms with Crippen molar-refractivity contribution in [3.63, 3.8) is 0 Å². The molecule has 1 amide bonds. The molecule has 3 rings (SSSR count). The summed E-state index contributed by atoms with van der Waals surface area (Å²) in [4.78, 5) is 26.4. The van der Waals surface area contributed by atoms with E-state index in [0.717, 1.165) is 13.1 Å². The molecular weight excluding hydrogens is 364 g/mol. The highest BCUT2D eigenvalue weighted by Gasteiger charge is 2.14. The molecule has 0 aromatic heterocycles. The summed E-state index contributed by atoms with van der Waals surface area (Å²) in [6.07, 6.45) is 5.01. The van der Waals surface area contributed by atoms with Crippen molar-refractivity contribution < 1.29 is 14.3 Å². The number of carbonyl (C=O) groups is 2. The Bertz CT molecular complexity index is 784. The van der Waals surface area contributed by atoms with Crippen LogP contribution in [0.1, 0.15) is 36.0 Å². The summed E-state index contributed by atoms with van der Waals surface area (Å²) in [6, 6.07) is 14.3. The van der Waals surface area contributed by atoms with Gasteiger partial charge < -0.3 is 15.0 Å². The summed E-state index contributed by atoms with van der Waals surface area (Å²) < 4.78 is 5.03. The van der Waals surface area contributed by atoms with Crippen LogP contribution in [0.5, 0.6) is 0 Å². The fraction of sp³-hybridized carbons (Fsp3) is 0.333. The Morgan fingerprint density at radius 3 is 2.30 bits per heavy atom. The van der Waals surface area contributed by atoms with Crippen LogP contribution in [0.2, 0.25) is 5.02 Å². The summed E-state index contributed by atoms with van der Waals surface area (Å²) >= 11 is 5.95. The number of nitrogens with one attached hydrogen (secondary N) is 1. The van der Waals surface area contributed by atoms with E-state index in [9.17, 15) is 9.59 Å². The van der Waals surface area contributed by atoms with E-state index in [4.69, 9.17) is 16.3 Å². The van der Waals surface area contributed by atoms with Crippen LogP contribution in [0.25, 0.3) is 0 Å². The quantitative estimate of drug-likeness (QED) is 0.768. The van der Waals surface area contributed by atoms with Gasteiger partial charge in [0.1, 0.15) is 0 Å². The fourth-order valence-electron chi connectivity index (χ4n) is 3.12. The topological polar surface area (TPSA) is 58.6 Å². The second-order valence-corrected chi connectivity index (χ2v) is 6.96. The average Bonchev–Trinajstić information content (AvgIpc) is 2.97. The molecule has 142 valence electrons. The van der Waals surface area contributed by atoms with E-state index in [1.54, 1.807) is 24.3 Å². The Morgan fingerprint density at radius 2 is 1.63 bits per heavy atom. The fourth-order valence-corrected chi connectivity index (χ4v) is 3.33. The molecule has 1 aliphatic rings. The van der Waals surface area contributed by atoms with Crippen LogP contribution >= 0.6 is 11.6 Å². The molecule has 5 nitrogen and oxygen atoms in total. The average molecular weight is 387 g/mol. The van der Waals surface area contributed by atoms with Crippen LogP contribution in [0.3, 0.4) is 0 Å². The maximum Gasteiger partial charge on any atom is 0.340 e. The molecule has 0 bridgehead atoms. The summed E-state index contributed by atoms with van der Waals surface area (Å²) in [5.74, 6) is -1.01. The molecule has 1 N–H and O–H groups in total.